The van der Waals surface area contributed by atoms with Gasteiger partial charge in [-0.3, -0.25) is 10.6 Å². The molecule has 0 unspecified atom stereocenters. The second-order valence-corrected chi connectivity index (χ2v) is 8.95. The largest absolute Gasteiger partial charge is 0.290 e. The van der Waals surface area contributed by atoms with Crippen LogP contribution in [0.2, 0.25) is 0 Å². The molecule has 4 rings (SSSR count). The van der Waals surface area contributed by atoms with Gasteiger partial charge < -0.3 is 0 Å². The van der Waals surface area contributed by atoms with E-state index in [1.807, 2.05) is 0 Å². The number of hydrogen-bond acceptors (Lipinski definition) is 2. The Morgan fingerprint density at radius 1 is 0.800 bits per heavy atom. The van der Waals surface area contributed by atoms with Gasteiger partial charge in [0.1, 0.15) is 0 Å². The predicted molar refractivity (Wildman–Crippen MR) is 104 cm³/mol. The average Bonchev–Trinajstić information content (AvgIpc) is 3.21. The second-order valence-electron chi connectivity index (χ2n) is 8.95. The third-order valence-corrected chi connectivity index (χ3v) is 6.25. The van der Waals surface area contributed by atoms with E-state index >= 15 is 0 Å². The van der Waals surface area contributed by atoms with E-state index in [-0.39, 0.29) is 5.66 Å². The maximum Gasteiger partial charge on any atom is 0.0700 e. The second kappa shape index (κ2) is 6.26. The summed E-state index contributed by atoms with van der Waals surface area (Å²) in [5.41, 5.74) is 3.19. The van der Waals surface area contributed by atoms with Crippen molar-refractivity contribution >= 4 is 0 Å². The molecule has 1 aliphatic heterocycles. The van der Waals surface area contributed by atoms with Crippen LogP contribution in [0, 0.1) is 11.3 Å². The van der Waals surface area contributed by atoms with Crippen LogP contribution in [0.15, 0.2) is 60.7 Å². The Morgan fingerprint density at radius 3 is 1.68 bits per heavy atom. The molecule has 0 amide bonds. The van der Waals surface area contributed by atoms with Crippen molar-refractivity contribution in [1.29, 1.82) is 0 Å². The smallest absolute Gasteiger partial charge is 0.0700 e. The fourth-order valence-corrected chi connectivity index (χ4v) is 4.72. The third kappa shape index (κ3) is 3.26. The highest BCUT2D eigenvalue weighted by molar-refractivity contribution is 5.31. The zero-order valence-electron chi connectivity index (χ0n) is 15.6. The molecular formula is C23H30N2. The summed E-state index contributed by atoms with van der Waals surface area (Å²) in [7, 11) is 0. The van der Waals surface area contributed by atoms with Crippen LogP contribution >= 0.6 is 0 Å². The number of nitrogens with one attached hydrogen (secondary N) is 2. The Bertz CT molecular complexity index is 654. The van der Waals surface area contributed by atoms with Gasteiger partial charge in [0, 0.05) is 0 Å². The molecule has 25 heavy (non-hydrogen) atoms. The lowest BCUT2D eigenvalue weighted by molar-refractivity contribution is 0.218. The van der Waals surface area contributed by atoms with Crippen LogP contribution in [0.5, 0.6) is 0 Å². The van der Waals surface area contributed by atoms with Crippen LogP contribution < -0.4 is 10.6 Å². The standard InChI is InChI=1S/C23H30N2/c1-22(2,3)19-14-15-23(16-19)24-20(17-10-6-4-7-11-17)21(25-23)18-12-8-5-9-13-18/h4-13,19-21,24-25H,14-16H2,1-3H3/t19-,20-,21-/m1/s1. The normalized spacial score (nSPS) is 28.5. The molecule has 1 saturated heterocycles. The predicted octanol–water partition coefficient (Wildman–Crippen LogP) is 5.20. The van der Waals surface area contributed by atoms with Crippen molar-refractivity contribution in [3.8, 4) is 0 Å². The van der Waals surface area contributed by atoms with Crippen LogP contribution in [0.3, 0.4) is 0 Å². The molecule has 1 saturated carbocycles. The maximum absolute atomic E-state index is 4.02. The molecule has 0 radical (unpaired) electrons. The van der Waals surface area contributed by atoms with Gasteiger partial charge in [-0.2, -0.15) is 0 Å². The van der Waals surface area contributed by atoms with E-state index < -0.39 is 0 Å². The van der Waals surface area contributed by atoms with Crippen molar-refractivity contribution in [2.24, 2.45) is 11.3 Å². The van der Waals surface area contributed by atoms with Gasteiger partial charge in [-0.15, -0.1) is 0 Å². The highest BCUT2D eigenvalue weighted by Gasteiger charge is 2.50. The summed E-state index contributed by atoms with van der Waals surface area (Å²) in [4.78, 5) is 0. The van der Waals surface area contributed by atoms with Gasteiger partial charge in [0.25, 0.3) is 0 Å². The molecule has 1 heterocycles. The molecule has 2 aromatic rings. The highest BCUT2D eigenvalue weighted by atomic mass is 15.3. The van der Waals surface area contributed by atoms with E-state index in [9.17, 15) is 0 Å². The summed E-state index contributed by atoms with van der Waals surface area (Å²) in [6.45, 7) is 7.15. The Labute approximate surface area is 152 Å². The molecule has 2 heteroatoms. The molecule has 1 aliphatic carbocycles. The van der Waals surface area contributed by atoms with Gasteiger partial charge in [-0.05, 0) is 41.7 Å². The first-order valence-corrected chi connectivity index (χ1v) is 9.62. The van der Waals surface area contributed by atoms with Gasteiger partial charge in [0.2, 0.25) is 0 Å². The van der Waals surface area contributed by atoms with Crippen molar-refractivity contribution in [1.82, 2.24) is 10.6 Å². The molecular weight excluding hydrogens is 304 g/mol. The van der Waals surface area contributed by atoms with Gasteiger partial charge in [-0.1, -0.05) is 81.4 Å². The van der Waals surface area contributed by atoms with E-state index in [2.05, 4.69) is 92.1 Å². The monoisotopic (exact) mass is 334 g/mol. The Kier molecular flexibility index (Phi) is 4.21. The summed E-state index contributed by atoms with van der Waals surface area (Å²) in [6, 6.07) is 22.5. The van der Waals surface area contributed by atoms with Crippen LogP contribution in [-0.4, -0.2) is 5.66 Å². The number of benzene rings is 2. The van der Waals surface area contributed by atoms with Crippen molar-refractivity contribution in [3.63, 3.8) is 0 Å². The minimum Gasteiger partial charge on any atom is -0.290 e. The van der Waals surface area contributed by atoms with E-state index in [4.69, 9.17) is 0 Å². The van der Waals surface area contributed by atoms with Crippen molar-refractivity contribution in [3.05, 3.63) is 71.8 Å². The van der Waals surface area contributed by atoms with E-state index in [0.717, 1.165) is 5.92 Å². The fourth-order valence-electron chi connectivity index (χ4n) is 4.72. The van der Waals surface area contributed by atoms with Crippen LogP contribution in [0.25, 0.3) is 0 Å². The lowest BCUT2D eigenvalue weighted by Crippen LogP contribution is -2.47. The lowest BCUT2D eigenvalue weighted by atomic mass is 9.79. The van der Waals surface area contributed by atoms with Crippen molar-refractivity contribution in [2.75, 3.05) is 0 Å². The van der Waals surface area contributed by atoms with Gasteiger partial charge in [0.05, 0.1) is 17.7 Å². The molecule has 0 aromatic heterocycles. The first kappa shape index (κ1) is 16.8. The minimum absolute atomic E-state index is 0.0684. The molecule has 2 fully saturated rings. The molecule has 2 nitrogen and oxygen atoms in total. The molecule has 2 aromatic carbocycles. The summed E-state index contributed by atoms with van der Waals surface area (Å²) in [5, 5.41) is 8.04. The minimum atomic E-state index is 0.0684. The van der Waals surface area contributed by atoms with Gasteiger partial charge in [0.15, 0.2) is 0 Å². The molecule has 3 atom stereocenters. The van der Waals surface area contributed by atoms with Crippen LogP contribution in [0.4, 0.5) is 0 Å². The Morgan fingerprint density at radius 2 is 1.28 bits per heavy atom. The lowest BCUT2D eigenvalue weighted by Gasteiger charge is -2.30. The highest BCUT2D eigenvalue weighted by Crippen LogP contribution is 2.49. The van der Waals surface area contributed by atoms with E-state index in [1.54, 1.807) is 0 Å². The summed E-state index contributed by atoms with van der Waals surface area (Å²) in [6.07, 6.45) is 3.72. The first-order chi connectivity index (χ1) is 12.0. The zero-order valence-corrected chi connectivity index (χ0v) is 15.6. The van der Waals surface area contributed by atoms with Crippen molar-refractivity contribution < 1.29 is 0 Å². The van der Waals surface area contributed by atoms with Crippen LogP contribution in [0.1, 0.15) is 63.2 Å². The van der Waals surface area contributed by atoms with Crippen LogP contribution in [-0.2, 0) is 0 Å². The molecule has 2 N–H and O–H groups in total. The SMILES string of the molecule is CC(C)(C)[C@@H]1CCC2(C1)N[C@H](c1ccccc1)[C@@H](c1ccccc1)N2. The first-order valence-electron chi connectivity index (χ1n) is 9.62. The Hall–Kier alpha value is -1.64. The summed E-state index contributed by atoms with van der Waals surface area (Å²) < 4.78 is 0. The molecule has 132 valence electrons. The maximum atomic E-state index is 4.02. The number of rotatable bonds is 2. The number of hydrogen-bond donors (Lipinski definition) is 2. The van der Waals surface area contributed by atoms with Crippen molar-refractivity contribution in [2.45, 2.75) is 57.8 Å². The summed E-state index contributed by atoms with van der Waals surface area (Å²) >= 11 is 0. The topological polar surface area (TPSA) is 24.1 Å². The zero-order chi connectivity index (χ0) is 17.5. The van der Waals surface area contributed by atoms with Gasteiger partial charge >= 0.3 is 0 Å². The molecule has 2 aliphatic rings. The Balaban J connectivity index is 1.66. The van der Waals surface area contributed by atoms with E-state index in [1.165, 1.54) is 30.4 Å². The van der Waals surface area contributed by atoms with Gasteiger partial charge in [-0.25, -0.2) is 0 Å². The quantitative estimate of drug-likeness (QED) is 0.788. The average molecular weight is 335 g/mol. The van der Waals surface area contributed by atoms with E-state index in [0.29, 0.717) is 17.5 Å². The molecule has 1 spiro atoms. The molecule has 0 bridgehead atoms. The third-order valence-electron chi connectivity index (χ3n) is 6.25. The fraction of sp³-hybridized carbons (Fsp3) is 0.478. The summed E-state index contributed by atoms with van der Waals surface area (Å²) in [5.74, 6) is 0.762.